The molecule has 0 aromatic carbocycles. The first kappa shape index (κ1) is 88.5. The normalized spacial score (nSPS) is 14.6. The van der Waals surface area contributed by atoms with Crippen LogP contribution in [0.2, 0.25) is 0 Å². The van der Waals surface area contributed by atoms with Gasteiger partial charge in [-0.3, -0.25) is 37.3 Å². The highest BCUT2D eigenvalue weighted by molar-refractivity contribution is 7.47. The van der Waals surface area contributed by atoms with Crippen molar-refractivity contribution in [3.8, 4) is 0 Å². The minimum absolute atomic E-state index is 0.0972. The van der Waals surface area contributed by atoms with Gasteiger partial charge in [0.15, 0.2) is 12.2 Å². The second-order valence-corrected chi connectivity index (χ2v) is 29.4. The number of aliphatic hydroxyl groups is 1. The molecule has 3 N–H and O–H groups in total. The van der Waals surface area contributed by atoms with Gasteiger partial charge in [-0.2, -0.15) is 0 Å². The van der Waals surface area contributed by atoms with E-state index in [4.69, 9.17) is 37.0 Å². The highest BCUT2D eigenvalue weighted by Crippen LogP contribution is 2.45. The zero-order chi connectivity index (χ0) is 67.3. The van der Waals surface area contributed by atoms with Crippen molar-refractivity contribution in [3.05, 3.63) is 24.3 Å². The molecular formula is C72H136O17P2. The van der Waals surface area contributed by atoms with E-state index in [1.165, 1.54) is 122 Å². The number of rotatable bonds is 68. The van der Waals surface area contributed by atoms with E-state index in [1.807, 2.05) is 0 Å². The van der Waals surface area contributed by atoms with E-state index in [0.29, 0.717) is 31.6 Å². The Balaban J connectivity index is 5.28. The third-order valence-electron chi connectivity index (χ3n) is 16.4. The molecule has 536 valence electrons. The number of phosphoric ester groups is 2. The second kappa shape index (κ2) is 62.4. The third-order valence-corrected chi connectivity index (χ3v) is 18.3. The van der Waals surface area contributed by atoms with Gasteiger partial charge in [0.2, 0.25) is 0 Å². The third kappa shape index (κ3) is 64.6. The van der Waals surface area contributed by atoms with Crippen LogP contribution in [0.25, 0.3) is 0 Å². The molecule has 0 heterocycles. The fraction of sp³-hybridized carbons (Fsp3) is 0.889. The van der Waals surface area contributed by atoms with Crippen molar-refractivity contribution in [1.29, 1.82) is 0 Å². The van der Waals surface area contributed by atoms with Gasteiger partial charge >= 0.3 is 39.5 Å². The summed E-state index contributed by atoms with van der Waals surface area (Å²) >= 11 is 0. The highest BCUT2D eigenvalue weighted by atomic mass is 31.2. The lowest BCUT2D eigenvalue weighted by molar-refractivity contribution is -0.161. The molecule has 0 amide bonds. The van der Waals surface area contributed by atoms with Crippen LogP contribution >= 0.6 is 15.6 Å². The molecule has 17 nitrogen and oxygen atoms in total. The van der Waals surface area contributed by atoms with Crippen molar-refractivity contribution in [2.75, 3.05) is 39.6 Å². The number of allylic oxidation sites excluding steroid dienone is 4. The predicted molar refractivity (Wildman–Crippen MR) is 367 cm³/mol. The van der Waals surface area contributed by atoms with Crippen molar-refractivity contribution in [2.45, 2.75) is 356 Å². The van der Waals surface area contributed by atoms with E-state index in [-0.39, 0.29) is 25.7 Å². The summed E-state index contributed by atoms with van der Waals surface area (Å²) in [5.41, 5.74) is 0. The molecule has 0 radical (unpaired) electrons. The molecule has 0 aliphatic heterocycles. The average Bonchev–Trinajstić information content (AvgIpc) is 3.66. The molecule has 3 unspecified atom stereocenters. The second-order valence-electron chi connectivity index (χ2n) is 26.5. The molecule has 0 spiro atoms. The lowest BCUT2D eigenvalue weighted by atomic mass is 10.00. The summed E-state index contributed by atoms with van der Waals surface area (Å²) in [6.45, 7) is 11.7. The Morgan fingerprint density at radius 3 is 0.978 bits per heavy atom. The Morgan fingerprint density at radius 1 is 0.363 bits per heavy atom. The zero-order valence-electron chi connectivity index (χ0n) is 58.8. The topological polar surface area (TPSA) is 237 Å². The number of hydrogen-bond donors (Lipinski definition) is 3. The Kier molecular flexibility index (Phi) is 60.7. The van der Waals surface area contributed by atoms with E-state index in [9.17, 15) is 43.2 Å². The Bertz CT molecular complexity index is 1880. The van der Waals surface area contributed by atoms with Gasteiger partial charge in [-0.1, -0.05) is 285 Å². The first-order valence-corrected chi connectivity index (χ1v) is 39.7. The smallest absolute Gasteiger partial charge is 0.462 e. The number of carbonyl (C=O) groups excluding carboxylic acids is 4. The Labute approximate surface area is 554 Å². The van der Waals surface area contributed by atoms with Crippen LogP contribution < -0.4 is 0 Å². The van der Waals surface area contributed by atoms with Gasteiger partial charge in [0.05, 0.1) is 26.4 Å². The molecule has 0 bridgehead atoms. The monoisotopic (exact) mass is 1330 g/mol. The number of aliphatic hydroxyl groups excluding tert-OH is 1. The minimum Gasteiger partial charge on any atom is -0.462 e. The van der Waals surface area contributed by atoms with E-state index in [1.54, 1.807) is 0 Å². The van der Waals surface area contributed by atoms with Crippen molar-refractivity contribution in [3.63, 3.8) is 0 Å². The molecule has 0 saturated heterocycles. The van der Waals surface area contributed by atoms with Crippen LogP contribution in [0.3, 0.4) is 0 Å². The minimum atomic E-state index is -4.96. The van der Waals surface area contributed by atoms with Gasteiger partial charge in [0.1, 0.15) is 19.3 Å². The lowest BCUT2D eigenvalue weighted by Gasteiger charge is -2.21. The molecule has 0 saturated carbocycles. The van der Waals surface area contributed by atoms with E-state index in [2.05, 4.69) is 72.8 Å². The fourth-order valence-corrected chi connectivity index (χ4v) is 11.9. The molecule has 0 aliphatic rings. The number of hydrogen-bond acceptors (Lipinski definition) is 15. The van der Waals surface area contributed by atoms with E-state index >= 15 is 0 Å². The van der Waals surface area contributed by atoms with Crippen LogP contribution in [0.1, 0.15) is 337 Å². The summed E-state index contributed by atoms with van der Waals surface area (Å²) in [7, 11) is -9.92. The van der Waals surface area contributed by atoms with Crippen molar-refractivity contribution in [2.24, 2.45) is 17.8 Å². The van der Waals surface area contributed by atoms with Crippen LogP contribution in [0, 0.1) is 17.8 Å². The summed E-state index contributed by atoms with van der Waals surface area (Å²) in [5, 5.41) is 10.6. The molecular weight excluding hydrogens is 1200 g/mol. The maximum absolute atomic E-state index is 13.0. The van der Waals surface area contributed by atoms with Gasteiger partial charge in [0.25, 0.3) is 0 Å². The number of ether oxygens (including phenoxy) is 4. The van der Waals surface area contributed by atoms with Gasteiger partial charge in [-0.15, -0.1) is 0 Å². The molecule has 19 heteroatoms. The predicted octanol–water partition coefficient (Wildman–Crippen LogP) is 20.2. The number of carbonyl (C=O) groups is 4. The van der Waals surface area contributed by atoms with Crippen LogP contribution in [-0.2, 0) is 65.4 Å². The van der Waals surface area contributed by atoms with E-state index < -0.39 is 97.5 Å². The summed E-state index contributed by atoms with van der Waals surface area (Å²) in [5.74, 6) is 0.0627. The molecule has 0 fully saturated rings. The van der Waals surface area contributed by atoms with Gasteiger partial charge in [-0.25, -0.2) is 9.13 Å². The van der Waals surface area contributed by atoms with Gasteiger partial charge < -0.3 is 33.8 Å². The summed E-state index contributed by atoms with van der Waals surface area (Å²) in [4.78, 5) is 72.6. The van der Waals surface area contributed by atoms with Gasteiger partial charge in [-0.05, 0) is 69.1 Å². The number of phosphoric acid groups is 2. The van der Waals surface area contributed by atoms with E-state index in [0.717, 1.165) is 127 Å². The van der Waals surface area contributed by atoms with Crippen molar-refractivity contribution >= 4 is 39.5 Å². The fourth-order valence-electron chi connectivity index (χ4n) is 10.3. The van der Waals surface area contributed by atoms with Crippen LogP contribution in [0.15, 0.2) is 24.3 Å². The molecule has 6 atom stereocenters. The molecule has 0 rings (SSSR count). The molecule has 91 heavy (non-hydrogen) atoms. The standard InChI is InChI=1S/C72H136O17P2/c1-8-10-11-12-13-14-15-16-17-18-22-25-31-39-46-53-69(74)82-59-67(89-72(77)56-49-42-33-28-27-30-37-44-51-64(5)6)61-86-90(78,79)84-57-66(73)58-85-91(80,81)87-62-68(60-83-70(75)54-47-40-35-34-38-45-52-65(7)9-2)88-71(76)55-48-41-32-26-23-20-19-21-24-29-36-43-50-63(3)4/h14-17,63-68,73H,8-13,18-62H2,1-7H3,(H,78,79)(H,80,81)/b15-14-,17-16-/t65?,66-,67-,68-/m1/s1. The quantitative estimate of drug-likeness (QED) is 0.0169. The maximum Gasteiger partial charge on any atom is 0.472 e. The maximum atomic E-state index is 13.0. The SMILES string of the molecule is CCCCCC/C=C\C=C/CCCCCCCC(=O)OC[C@H](COP(=O)(O)OC[C@@H](O)COP(=O)(O)OC[C@@H](COC(=O)CCCCCCCCC(C)CC)OC(=O)CCCCCCCCCCCCCCC(C)C)OC(=O)CCCCCCCCCCC(C)C. The van der Waals surface area contributed by atoms with Gasteiger partial charge in [0, 0.05) is 25.7 Å². The van der Waals surface area contributed by atoms with Crippen molar-refractivity contribution < 1.29 is 80.2 Å². The lowest BCUT2D eigenvalue weighted by Crippen LogP contribution is -2.30. The van der Waals surface area contributed by atoms with Crippen LogP contribution in [-0.4, -0.2) is 96.7 Å². The summed E-state index contributed by atoms with van der Waals surface area (Å²) in [6, 6.07) is 0. The zero-order valence-corrected chi connectivity index (χ0v) is 60.6. The van der Waals surface area contributed by atoms with Crippen LogP contribution in [0.5, 0.6) is 0 Å². The van der Waals surface area contributed by atoms with Crippen molar-refractivity contribution in [1.82, 2.24) is 0 Å². The number of esters is 4. The first-order valence-electron chi connectivity index (χ1n) is 36.7. The largest absolute Gasteiger partial charge is 0.472 e. The highest BCUT2D eigenvalue weighted by Gasteiger charge is 2.30. The number of unbranched alkanes of at least 4 members (excludes halogenated alkanes) is 32. The summed E-state index contributed by atoms with van der Waals surface area (Å²) < 4.78 is 68.3. The summed E-state index contributed by atoms with van der Waals surface area (Å²) in [6.07, 6.45) is 49.4. The van der Waals surface area contributed by atoms with Crippen LogP contribution in [0.4, 0.5) is 0 Å². The Hall–Kier alpha value is -2.46. The average molecular weight is 1340 g/mol. The Morgan fingerprint density at radius 2 is 0.648 bits per heavy atom. The molecule has 0 aromatic rings. The molecule has 0 aliphatic carbocycles. The molecule has 0 aromatic heterocycles. The first-order chi connectivity index (χ1) is 43.8.